The zero-order valence-electron chi connectivity index (χ0n) is 11.9. The zero-order chi connectivity index (χ0) is 15.2. The average molecular weight is 302 g/mol. The minimum Gasteiger partial charge on any atom is -0.308 e. The summed E-state index contributed by atoms with van der Waals surface area (Å²) in [5.41, 5.74) is -0.177. The van der Waals surface area contributed by atoms with Crippen LogP contribution in [0, 0.1) is 0 Å². The second-order valence-electron chi connectivity index (χ2n) is 4.12. The summed E-state index contributed by atoms with van der Waals surface area (Å²) < 4.78 is 23.6. The van der Waals surface area contributed by atoms with Crippen molar-refractivity contribution in [1.29, 1.82) is 0 Å². The molecule has 0 aliphatic heterocycles. The quantitative estimate of drug-likeness (QED) is 0.350. The maximum Gasteiger partial charge on any atom is 0.348 e. The summed E-state index contributed by atoms with van der Waals surface area (Å²) in [6.45, 7) is 5.27. The van der Waals surface area contributed by atoms with Crippen LogP contribution in [-0.2, 0) is 13.6 Å². The van der Waals surface area contributed by atoms with E-state index in [4.69, 9.17) is 9.05 Å². The van der Waals surface area contributed by atoms with Gasteiger partial charge in [-0.3, -0.25) is 4.57 Å². The summed E-state index contributed by atoms with van der Waals surface area (Å²) in [7, 11) is -3.56. The van der Waals surface area contributed by atoms with E-state index in [1.54, 1.807) is 38.1 Å². The van der Waals surface area contributed by atoms with Crippen molar-refractivity contribution in [2.24, 2.45) is 0 Å². The van der Waals surface area contributed by atoms with Crippen LogP contribution in [0.1, 0.15) is 32.0 Å². The Labute approximate surface area is 118 Å². The zero-order valence-corrected chi connectivity index (χ0v) is 12.8. The van der Waals surface area contributed by atoms with Gasteiger partial charge in [0.25, 0.3) is 5.71 Å². The third-order valence-corrected chi connectivity index (χ3v) is 5.30. The average Bonchev–Trinajstić information content (AvgIpc) is 2.40. The molecule has 1 aromatic rings. The molecule has 1 aromatic carbocycles. The minimum atomic E-state index is -3.56. The van der Waals surface area contributed by atoms with Gasteiger partial charge in [-0.2, -0.15) is 0 Å². The Morgan fingerprint density at radius 1 is 1.20 bits per heavy atom. The maximum atomic E-state index is 12.9. The SMILES string of the molecule is CCOP(=O)(OCC)C(C(C)=[N+](O)O)c1ccccc1. The Balaban J connectivity index is 3.37. The van der Waals surface area contributed by atoms with Crippen LogP contribution in [0.3, 0.4) is 0 Å². The van der Waals surface area contributed by atoms with Crippen molar-refractivity contribution < 1.29 is 28.9 Å². The number of hydrogen-bond acceptors (Lipinski definition) is 5. The first-order valence-corrected chi connectivity index (χ1v) is 8.02. The Morgan fingerprint density at radius 3 is 2.10 bits per heavy atom. The van der Waals surface area contributed by atoms with Crippen LogP contribution in [0.5, 0.6) is 0 Å². The van der Waals surface area contributed by atoms with Gasteiger partial charge in [0, 0.05) is 6.92 Å². The molecule has 1 atom stereocenters. The maximum absolute atomic E-state index is 12.9. The molecule has 2 N–H and O–H groups in total. The van der Waals surface area contributed by atoms with Crippen molar-refractivity contribution in [3.05, 3.63) is 35.9 Å². The second-order valence-corrected chi connectivity index (χ2v) is 6.23. The highest BCUT2D eigenvalue weighted by molar-refractivity contribution is 7.55. The number of nitrogens with zero attached hydrogens (tertiary/aromatic N) is 1. The fraction of sp³-hybridized carbons (Fsp3) is 0.462. The van der Waals surface area contributed by atoms with Gasteiger partial charge in [-0.05, 0) is 19.4 Å². The largest absolute Gasteiger partial charge is 0.348 e. The number of hydrogen-bond donors (Lipinski definition) is 2. The molecular formula is C13H21NO5P+. The van der Waals surface area contributed by atoms with Crippen LogP contribution < -0.4 is 0 Å². The summed E-state index contributed by atoms with van der Waals surface area (Å²) in [5.74, 6) is 0. The highest BCUT2D eigenvalue weighted by Gasteiger charge is 2.44. The van der Waals surface area contributed by atoms with Gasteiger partial charge in [-0.1, -0.05) is 30.3 Å². The van der Waals surface area contributed by atoms with Crippen LogP contribution in [0.2, 0.25) is 0 Å². The Hall–Kier alpha value is -1.36. The fourth-order valence-corrected chi connectivity index (χ4v) is 4.13. The van der Waals surface area contributed by atoms with E-state index in [0.717, 1.165) is 0 Å². The lowest BCUT2D eigenvalue weighted by molar-refractivity contribution is -0.956. The van der Waals surface area contributed by atoms with Crippen molar-refractivity contribution in [2.45, 2.75) is 26.4 Å². The molecule has 1 rings (SSSR count). The molecule has 0 aliphatic rings. The van der Waals surface area contributed by atoms with Gasteiger partial charge in [-0.15, -0.1) is 0 Å². The van der Waals surface area contributed by atoms with E-state index in [1.807, 2.05) is 6.07 Å². The molecule has 0 spiro atoms. The second kappa shape index (κ2) is 7.43. The molecule has 6 nitrogen and oxygen atoms in total. The molecule has 1 unspecified atom stereocenters. The summed E-state index contributed by atoms with van der Waals surface area (Å²) in [6, 6.07) is 8.84. The third-order valence-electron chi connectivity index (χ3n) is 2.76. The number of rotatable bonds is 7. The summed E-state index contributed by atoms with van der Waals surface area (Å²) in [6.07, 6.45) is 0. The van der Waals surface area contributed by atoms with Crippen LogP contribution in [0.4, 0.5) is 0 Å². The molecule has 0 fully saturated rings. The van der Waals surface area contributed by atoms with Gasteiger partial charge in [0.2, 0.25) is 0 Å². The van der Waals surface area contributed by atoms with E-state index in [0.29, 0.717) is 5.56 Å². The van der Waals surface area contributed by atoms with E-state index in [2.05, 4.69) is 0 Å². The van der Waals surface area contributed by atoms with Gasteiger partial charge in [0.1, 0.15) is 0 Å². The number of benzene rings is 1. The van der Waals surface area contributed by atoms with Crippen molar-refractivity contribution in [3.63, 3.8) is 0 Å². The molecule has 20 heavy (non-hydrogen) atoms. The molecule has 0 amide bonds. The van der Waals surface area contributed by atoms with Crippen LogP contribution in [0.15, 0.2) is 30.3 Å². The minimum absolute atomic E-state index is 0.0393. The van der Waals surface area contributed by atoms with E-state index in [-0.39, 0.29) is 23.8 Å². The van der Waals surface area contributed by atoms with Gasteiger partial charge >= 0.3 is 7.60 Å². The van der Waals surface area contributed by atoms with Gasteiger partial charge in [0.05, 0.1) is 13.2 Å². The predicted molar refractivity (Wildman–Crippen MR) is 74.6 cm³/mol. The summed E-state index contributed by atoms with van der Waals surface area (Å²) in [5, 5.41) is 18.5. The van der Waals surface area contributed by atoms with E-state index in [1.165, 1.54) is 6.92 Å². The Morgan fingerprint density at radius 2 is 1.70 bits per heavy atom. The highest BCUT2D eigenvalue weighted by atomic mass is 31.2. The molecule has 0 bridgehead atoms. The van der Waals surface area contributed by atoms with Gasteiger partial charge < -0.3 is 9.05 Å². The molecule has 0 saturated heterocycles. The summed E-state index contributed by atoms with van der Waals surface area (Å²) >= 11 is 0. The third kappa shape index (κ3) is 3.82. The molecular weight excluding hydrogens is 281 g/mol. The lowest BCUT2D eigenvalue weighted by atomic mass is 10.1. The first kappa shape index (κ1) is 16.7. The van der Waals surface area contributed by atoms with Crippen molar-refractivity contribution >= 4 is 13.3 Å². The van der Waals surface area contributed by atoms with E-state index < -0.39 is 13.3 Å². The normalized spacial score (nSPS) is 12.9. The summed E-state index contributed by atoms with van der Waals surface area (Å²) in [4.78, 5) is -0.0393. The van der Waals surface area contributed by atoms with Gasteiger partial charge in [0.15, 0.2) is 10.6 Å². The van der Waals surface area contributed by atoms with Crippen molar-refractivity contribution in [3.8, 4) is 0 Å². The van der Waals surface area contributed by atoms with Crippen LogP contribution in [-0.4, -0.2) is 34.2 Å². The molecule has 0 radical (unpaired) electrons. The Kier molecular flexibility index (Phi) is 6.20. The van der Waals surface area contributed by atoms with Gasteiger partial charge in [-0.25, -0.2) is 10.4 Å². The lowest BCUT2D eigenvalue weighted by Gasteiger charge is -2.23. The lowest BCUT2D eigenvalue weighted by Crippen LogP contribution is -2.22. The molecule has 7 heteroatoms. The monoisotopic (exact) mass is 302 g/mol. The highest BCUT2D eigenvalue weighted by Crippen LogP contribution is 2.61. The Bertz CT molecular complexity index is 489. The van der Waals surface area contributed by atoms with Crippen molar-refractivity contribution in [1.82, 2.24) is 0 Å². The fourth-order valence-electron chi connectivity index (χ4n) is 1.94. The molecule has 0 heterocycles. The first-order valence-electron chi connectivity index (χ1n) is 6.41. The van der Waals surface area contributed by atoms with Crippen molar-refractivity contribution in [2.75, 3.05) is 13.2 Å². The molecule has 0 aromatic heterocycles. The van der Waals surface area contributed by atoms with E-state index >= 15 is 0 Å². The molecule has 0 aliphatic carbocycles. The van der Waals surface area contributed by atoms with E-state index in [9.17, 15) is 15.0 Å². The van der Waals surface area contributed by atoms with Crippen LogP contribution in [0.25, 0.3) is 0 Å². The molecule has 112 valence electrons. The first-order chi connectivity index (χ1) is 9.46. The smallest absolute Gasteiger partial charge is 0.308 e. The van der Waals surface area contributed by atoms with Crippen LogP contribution >= 0.6 is 7.60 Å². The topological polar surface area (TPSA) is 79.0 Å². The standard InChI is InChI=1S/C13H21NO5P/c1-4-18-20(17,19-5-2)13(11(3)14(15)16)12-9-7-6-8-10-12/h6-10,13,15-16H,4-5H2,1-3H3/q+1. The molecule has 0 saturated carbocycles. The predicted octanol–water partition coefficient (Wildman–Crippen LogP) is 3.25.